The highest BCUT2D eigenvalue weighted by Crippen LogP contribution is 2.32. The van der Waals surface area contributed by atoms with E-state index in [4.69, 9.17) is 16.7 Å². The average molecular weight is 528 g/mol. The molecule has 1 saturated heterocycles. The Kier molecular flexibility index (Phi) is 10.7. The molecule has 1 fully saturated rings. The summed E-state index contributed by atoms with van der Waals surface area (Å²) in [5.41, 5.74) is 12.0. The Bertz CT molecular complexity index is 1120. The average Bonchev–Trinajstić information content (AvgIpc) is 3.34. The number of hydrogen-bond donors (Lipinski definition) is 3. The van der Waals surface area contributed by atoms with Gasteiger partial charge in [-0.15, -0.1) is 0 Å². The van der Waals surface area contributed by atoms with E-state index in [1.54, 1.807) is 4.90 Å². The van der Waals surface area contributed by atoms with Gasteiger partial charge in [-0.2, -0.15) is 5.26 Å². The molecule has 12 heteroatoms. The Balaban J connectivity index is 1.95. The zero-order valence-electron chi connectivity index (χ0n) is 22.5. The third-order valence-corrected chi connectivity index (χ3v) is 7.52. The van der Waals surface area contributed by atoms with Crippen molar-refractivity contribution in [1.29, 1.82) is 5.26 Å². The van der Waals surface area contributed by atoms with Crippen molar-refractivity contribution < 1.29 is 14.7 Å². The van der Waals surface area contributed by atoms with Crippen LogP contribution in [0.4, 0.5) is 10.6 Å². The number of aromatic nitrogens is 3. The van der Waals surface area contributed by atoms with Gasteiger partial charge in [-0.3, -0.25) is 9.69 Å². The number of carbonyl (C=O) groups excluding carboxylic acids is 1. The molecule has 12 nitrogen and oxygen atoms in total. The molecule has 5 N–H and O–H groups in total. The maximum atomic E-state index is 12.4. The molecule has 3 rings (SSSR count). The monoisotopic (exact) mass is 527 g/mol. The van der Waals surface area contributed by atoms with E-state index in [0.29, 0.717) is 57.1 Å². The van der Waals surface area contributed by atoms with Crippen LogP contribution in [0.15, 0.2) is 18.6 Å². The number of amides is 2. The van der Waals surface area contributed by atoms with Crippen molar-refractivity contribution in [3.05, 3.63) is 18.6 Å². The molecule has 2 aromatic rings. The van der Waals surface area contributed by atoms with Crippen LogP contribution in [-0.2, 0) is 4.79 Å². The first kappa shape index (κ1) is 29.1. The van der Waals surface area contributed by atoms with E-state index in [1.807, 2.05) is 29.9 Å². The van der Waals surface area contributed by atoms with Gasteiger partial charge in [0.05, 0.1) is 17.5 Å². The first-order chi connectivity index (χ1) is 18.3. The van der Waals surface area contributed by atoms with Gasteiger partial charge in [0.1, 0.15) is 30.4 Å². The second-order valence-corrected chi connectivity index (χ2v) is 10.0. The van der Waals surface area contributed by atoms with E-state index in [0.717, 1.165) is 36.9 Å². The molecule has 38 heavy (non-hydrogen) atoms. The molecule has 3 atom stereocenters. The van der Waals surface area contributed by atoms with Crippen LogP contribution in [0.1, 0.15) is 58.0 Å². The highest BCUT2D eigenvalue weighted by molar-refractivity contribution is 5.88. The summed E-state index contributed by atoms with van der Waals surface area (Å²) in [4.78, 5) is 39.2. The third kappa shape index (κ3) is 6.71. The lowest BCUT2D eigenvalue weighted by Crippen LogP contribution is -2.52. The molecule has 1 unspecified atom stereocenters. The maximum Gasteiger partial charge on any atom is 0.408 e. The molecular formula is C26H41N9O3. The molecule has 2 aromatic heterocycles. The number of carboxylic acid groups (broad SMARTS) is 1. The van der Waals surface area contributed by atoms with Crippen LogP contribution in [0.2, 0.25) is 0 Å². The van der Waals surface area contributed by atoms with Crippen LogP contribution in [0.5, 0.6) is 0 Å². The first-order valence-electron chi connectivity index (χ1n) is 13.4. The standard InChI is InChI=1S/C26H41N9O3/c1-19-9-15-33(23(36)8-13-29)17-21(19)32(2)24-20-10-16-34(25(20)31-18-30-24)22(7-3-4-11-27)35(26(37)38)14-6-5-12-28/h10,16,18-19,21-22H,3-9,11-12,14-15,17,27-28H2,1-2H3,(H,37,38)/t19-,21+,22?/m1/s1. The highest BCUT2D eigenvalue weighted by Gasteiger charge is 2.33. The normalized spacial score (nSPS) is 18.2. The number of piperidine rings is 1. The van der Waals surface area contributed by atoms with E-state index in [2.05, 4.69) is 21.8 Å². The fourth-order valence-corrected chi connectivity index (χ4v) is 5.31. The lowest BCUT2D eigenvalue weighted by atomic mass is 9.92. The number of fused-ring (bicyclic) bond motifs is 1. The van der Waals surface area contributed by atoms with Gasteiger partial charge in [-0.05, 0) is 63.6 Å². The number of nitrogens with zero attached hydrogens (tertiary/aromatic N) is 7. The number of likely N-dealkylation sites (N-methyl/N-ethyl adjacent to an activating group) is 1. The fourth-order valence-electron chi connectivity index (χ4n) is 5.31. The number of rotatable bonds is 13. The van der Waals surface area contributed by atoms with Crippen molar-refractivity contribution in [2.45, 2.75) is 64.1 Å². The van der Waals surface area contributed by atoms with Gasteiger partial charge in [-0.1, -0.05) is 6.92 Å². The van der Waals surface area contributed by atoms with Crippen LogP contribution in [-0.4, -0.2) is 87.3 Å². The molecule has 0 spiro atoms. The summed E-state index contributed by atoms with van der Waals surface area (Å²) in [5, 5.41) is 19.9. The topological polar surface area (TPSA) is 171 Å². The number of hydrogen-bond acceptors (Lipinski definition) is 8. The minimum Gasteiger partial charge on any atom is -0.465 e. The molecular weight excluding hydrogens is 486 g/mol. The Morgan fingerprint density at radius 2 is 1.97 bits per heavy atom. The highest BCUT2D eigenvalue weighted by atomic mass is 16.4. The van der Waals surface area contributed by atoms with Gasteiger partial charge in [0, 0.05) is 32.9 Å². The summed E-state index contributed by atoms with van der Waals surface area (Å²) in [6, 6.07) is 3.90. The van der Waals surface area contributed by atoms with Crippen molar-refractivity contribution in [2.75, 3.05) is 44.7 Å². The lowest BCUT2D eigenvalue weighted by molar-refractivity contribution is -0.131. The van der Waals surface area contributed by atoms with E-state index in [-0.39, 0.29) is 18.4 Å². The van der Waals surface area contributed by atoms with Crippen LogP contribution in [0.3, 0.4) is 0 Å². The number of likely N-dealkylation sites (tertiary alicyclic amines) is 1. The zero-order chi connectivity index (χ0) is 27.7. The number of unbranched alkanes of at least 4 members (excludes halogenated alkanes) is 2. The first-order valence-corrected chi connectivity index (χ1v) is 13.4. The van der Waals surface area contributed by atoms with Crippen molar-refractivity contribution >= 4 is 28.9 Å². The van der Waals surface area contributed by atoms with Crippen molar-refractivity contribution in [3.8, 4) is 6.07 Å². The van der Waals surface area contributed by atoms with E-state index in [1.165, 1.54) is 11.2 Å². The summed E-state index contributed by atoms with van der Waals surface area (Å²) in [7, 11) is 1.97. The molecule has 0 aromatic carbocycles. The summed E-state index contributed by atoms with van der Waals surface area (Å²) < 4.78 is 1.93. The Morgan fingerprint density at radius 1 is 1.24 bits per heavy atom. The van der Waals surface area contributed by atoms with Gasteiger partial charge < -0.3 is 30.9 Å². The second kappa shape index (κ2) is 13.9. The molecule has 208 valence electrons. The SMILES string of the molecule is C[C@@H]1CCN(C(=O)CC#N)C[C@@H]1N(C)c1ncnc2c1ccn2C(CCCCN)N(CCCCN)C(=O)O. The molecule has 2 amide bonds. The van der Waals surface area contributed by atoms with E-state index < -0.39 is 12.3 Å². The number of nitriles is 1. The van der Waals surface area contributed by atoms with Crippen LogP contribution >= 0.6 is 0 Å². The molecule has 0 aliphatic carbocycles. The number of carbonyl (C=O) groups is 2. The van der Waals surface area contributed by atoms with Crippen molar-refractivity contribution in [1.82, 2.24) is 24.3 Å². The summed E-state index contributed by atoms with van der Waals surface area (Å²) >= 11 is 0. The third-order valence-electron chi connectivity index (χ3n) is 7.52. The van der Waals surface area contributed by atoms with Crippen molar-refractivity contribution in [3.63, 3.8) is 0 Å². The predicted octanol–water partition coefficient (Wildman–Crippen LogP) is 2.36. The predicted molar refractivity (Wildman–Crippen MR) is 145 cm³/mol. The molecule has 0 radical (unpaired) electrons. The van der Waals surface area contributed by atoms with Crippen LogP contribution in [0.25, 0.3) is 11.0 Å². The summed E-state index contributed by atoms with van der Waals surface area (Å²) in [6.07, 6.45) is 6.31. The van der Waals surface area contributed by atoms with E-state index in [9.17, 15) is 14.7 Å². The Morgan fingerprint density at radius 3 is 2.66 bits per heavy atom. The van der Waals surface area contributed by atoms with Crippen molar-refractivity contribution in [2.24, 2.45) is 17.4 Å². The molecule has 0 bridgehead atoms. The molecule has 3 heterocycles. The van der Waals surface area contributed by atoms with Crippen LogP contribution < -0.4 is 16.4 Å². The summed E-state index contributed by atoms with van der Waals surface area (Å²) in [5.74, 6) is 0.888. The zero-order valence-corrected chi connectivity index (χ0v) is 22.5. The minimum absolute atomic E-state index is 0.0139. The van der Waals surface area contributed by atoms with Gasteiger partial charge in [0.15, 0.2) is 0 Å². The maximum absolute atomic E-state index is 12.4. The lowest BCUT2D eigenvalue weighted by Gasteiger charge is -2.42. The van der Waals surface area contributed by atoms with Gasteiger partial charge in [0.25, 0.3) is 0 Å². The minimum atomic E-state index is -0.980. The molecule has 1 aliphatic heterocycles. The number of nitrogens with two attached hydrogens (primary N) is 2. The fraction of sp³-hybridized carbons (Fsp3) is 0.654. The smallest absolute Gasteiger partial charge is 0.408 e. The van der Waals surface area contributed by atoms with Gasteiger partial charge >= 0.3 is 6.09 Å². The summed E-state index contributed by atoms with van der Waals surface area (Å²) in [6.45, 7) is 4.75. The van der Waals surface area contributed by atoms with Gasteiger partial charge in [0.2, 0.25) is 5.91 Å². The van der Waals surface area contributed by atoms with Crippen LogP contribution in [0, 0.1) is 17.2 Å². The largest absolute Gasteiger partial charge is 0.465 e. The Hall–Kier alpha value is -3.43. The molecule has 0 saturated carbocycles. The molecule has 1 aliphatic rings. The second-order valence-electron chi connectivity index (χ2n) is 10.0. The van der Waals surface area contributed by atoms with E-state index >= 15 is 0 Å². The van der Waals surface area contributed by atoms with Gasteiger partial charge in [-0.25, -0.2) is 14.8 Å². The Labute approximate surface area is 224 Å². The number of anilines is 1. The quantitative estimate of drug-likeness (QED) is 0.331.